The molecule has 0 unspecified atom stereocenters. The zero-order valence-electron chi connectivity index (χ0n) is 21.8. The second kappa shape index (κ2) is 8.48. The first-order chi connectivity index (χ1) is 19.5. The van der Waals surface area contributed by atoms with Crippen LogP contribution in [0.1, 0.15) is 31.2 Å². The van der Waals surface area contributed by atoms with Crippen molar-refractivity contribution in [2.45, 2.75) is 36.8 Å². The molecule has 8 rings (SSSR count). The molecule has 0 aliphatic heterocycles. The van der Waals surface area contributed by atoms with Gasteiger partial charge in [-0.2, -0.15) is 0 Å². The molecule has 0 saturated heterocycles. The van der Waals surface area contributed by atoms with Crippen LogP contribution in [0.5, 0.6) is 0 Å². The van der Waals surface area contributed by atoms with Gasteiger partial charge >= 0.3 is 0 Å². The Morgan fingerprint density at radius 1 is 0.775 bits per heavy atom. The van der Waals surface area contributed by atoms with E-state index < -0.39 is 11.1 Å². The minimum Gasteiger partial charge on any atom is -0.389 e. The number of aromatic nitrogens is 6. The molecule has 8 nitrogen and oxygen atoms in total. The van der Waals surface area contributed by atoms with E-state index >= 15 is 0 Å². The molecule has 0 atom stereocenters. The van der Waals surface area contributed by atoms with Crippen molar-refractivity contribution in [3.8, 4) is 33.9 Å². The number of pyridine rings is 2. The SMILES string of the molecule is NC1(c2ccc(-c3nc4ccc5nnc(-c6cccnc6)n5c4nc3-c3ccccc3)cc2)CC(O)(C2CC2)C1. The van der Waals surface area contributed by atoms with Crippen molar-refractivity contribution in [2.75, 3.05) is 0 Å². The molecule has 6 aromatic rings. The van der Waals surface area contributed by atoms with Gasteiger partial charge in [-0.25, -0.2) is 9.97 Å². The van der Waals surface area contributed by atoms with Gasteiger partial charge in [0.15, 0.2) is 17.1 Å². The molecule has 2 aromatic carbocycles. The maximum absolute atomic E-state index is 10.9. The maximum Gasteiger partial charge on any atom is 0.171 e. The molecular weight excluding hydrogens is 498 g/mol. The first-order valence-corrected chi connectivity index (χ1v) is 13.6. The largest absolute Gasteiger partial charge is 0.389 e. The van der Waals surface area contributed by atoms with Crippen LogP contribution in [0.3, 0.4) is 0 Å². The van der Waals surface area contributed by atoms with Crippen LogP contribution in [0.4, 0.5) is 0 Å². The van der Waals surface area contributed by atoms with Gasteiger partial charge in [-0.15, -0.1) is 10.2 Å². The Kier molecular flexibility index (Phi) is 4.96. The molecule has 0 bridgehead atoms. The summed E-state index contributed by atoms with van der Waals surface area (Å²) in [7, 11) is 0. The van der Waals surface area contributed by atoms with Crippen LogP contribution in [-0.2, 0) is 5.54 Å². The van der Waals surface area contributed by atoms with Crippen molar-refractivity contribution >= 4 is 16.8 Å². The predicted molar refractivity (Wildman–Crippen MR) is 153 cm³/mol. The molecule has 0 amide bonds. The van der Waals surface area contributed by atoms with Crippen molar-refractivity contribution in [1.82, 2.24) is 29.5 Å². The van der Waals surface area contributed by atoms with E-state index in [1.54, 1.807) is 12.4 Å². The Balaban J connectivity index is 1.27. The average molecular weight is 526 g/mol. The number of hydrogen-bond donors (Lipinski definition) is 2. The molecule has 4 aromatic heterocycles. The monoisotopic (exact) mass is 525 g/mol. The number of nitrogens with two attached hydrogens (primary N) is 1. The molecular formula is C32H27N7O. The van der Waals surface area contributed by atoms with E-state index in [4.69, 9.17) is 15.7 Å². The van der Waals surface area contributed by atoms with E-state index in [0.717, 1.165) is 52.0 Å². The van der Waals surface area contributed by atoms with Crippen LogP contribution < -0.4 is 5.73 Å². The van der Waals surface area contributed by atoms with Crippen molar-refractivity contribution in [1.29, 1.82) is 0 Å². The lowest BCUT2D eigenvalue weighted by atomic mass is 9.60. The van der Waals surface area contributed by atoms with Gasteiger partial charge in [0.25, 0.3) is 0 Å². The first-order valence-electron chi connectivity index (χ1n) is 13.6. The van der Waals surface area contributed by atoms with Gasteiger partial charge < -0.3 is 10.8 Å². The fraction of sp³-hybridized carbons (Fsp3) is 0.219. The summed E-state index contributed by atoms with van der Waals surface area (Å²) in [4.78, 5) is 14.6. The summed E-state index contributed by atoms with van der Waals surface area (Å²) in [5, 5.41) is 19.7. The molecule has 3 N–H and O–H groups in total. The molecule has 0 radical (unpaired) electrons. The van der Waals surface area contributed by atoms with Crippen molar-refractivity contribution in [3.05, 3.63) is 96.8 Å². The van der Waals surface area contributed by atoms with E-state index in [1.165, 1.54) is 0 Å². The number of fused-ring (bicyclic) bond motifs is 3. The van der Waals surface area contributed by atoms with Gasteiger partial charge in [-0.05, 0) is 61.4 Å². The van der Waals surface area contributed by atoms with Crippen LogP contribution in [0, 0.1) is 5.92 Å². The summed E-state index contributed by atoms with van der Waals surface area (Å²) in [5.74, 6) is 1.08. The smallest absolute Gasteiger partial charge is 0.171 e. The lowest BCUT2D eigenvalue weighted by molar-refractivity contribution is -0.106. The minimum absolute atomic E-state index is 0.417. The third kappa shape index (κ3) is 3.64. The lowest BCUT2D eigenvalue weighted by Crippen LogP contribution is -2.60. The highest BCUT2D eigenvalue weighted by molar-refractivity contribution is 5.87. The molecule has 0 spiro atoms. The maximum atomic E-state index is 10.9. The van der Waals surface area contributed by atoms with E-state index in [0.29, 0.717) is 35.9 Å². The van der Waals surface area contributed by atoms with Crippen molar-refractivity contribution in [3.63, 3.8) is 0 Å². The molecule has 8 heteroatoms. The number of benzene rings is 2. The second-order valence-electron chi connectivity index (χ2n) is 11.3. The number of rotatable bonds is 5. The van der Waals surface area contributed by atoms with Gasteiger partial charge in [-0.3, -0.25) is 9.38 Å². The summed E-state index contributed by atoms with van der Waals surface area (Å²) in [6.07, 6.45) is 6.96. The van der Waals surface area contributed by atoms with Gasteiger partial charge in [0.05, 0.1) is 17.0 Å². The van der Waals surface area contributed by atoms with Crippen molar-refractivity contribution in [2.24, 2.45) is 11.7 Å². The van der Waals surface area contributed by atoms with E-state index in [9.17, 15) is 5.11 Å². The van der Waals surface area contributed by atoms with E-state index in [-0.39, 0.29) is 0 Å². The van der Waals surface area contributed by atoms with Gasteiger partial charge in [0.1, 0.15) is 5.52 Å². The van der Waals surface area contributed by atoms with Gasteiger partial charge in [-0.1, -0.05) is 54.6 Å². The summed E-state index contributed by atoms with van der Waals surface area (Å²) in [6, 6.07) is 26.1. The van der Waals surface area contributed by atoms with Crippen molar-refractivity contribution < 1.29 is 5.11 Å². The van der Waals surface area contributed by atoms with Crippen LogP contribution in [0.15, 0.2) is 91.3 Å². The average Bonchev–Trinajstić information content (AvgIpc) is 3.76. The van der Waals surface area contributed by atoms with Gasteiger partial charge in [0.2, 0.25) is 0 Å². The minimum atomic E-state index is -0.597. The Morgan fingerprint density at radius 3 is 2.23 bits per heavy atom. The van der Waals surface area contributed by atoms with E-state index in [2.05, 4.69) is 39.4 Å². The Bertz CT molecular complexity index is 1870. The number of nitrogens with zero attached hydrogens (tertiary/aromatic N) is 6. The zero-order chi connectivity index (χ0) is 26.9. The van der Waals surface area contributed by atoms with Crippen LogP contribution >= 0.6 is 0 Å². The van der Waals surface area contributed by atoms with E-state index in [1.807, 2.05) is 59.0 Å². The highest BCUT2D eigenvalue weighted by Gasteiger charge is 2.58. The highest BCUT2D eigenvalue weighted by Crippen LogP contribution is 2.57. The topological polar surface area (TPSA) is 115 Å². The molecule has 4 heterocycles. The third-order valence-electron chi connectivity index (χ3n) is 8.47. The normalized spacial score (nSPS) is 22.4. The Hall–Kier alpha value is -4.53. The number of hydrogen-bond acceptors (Lipinski definition) is 7. The Labute approximate surface area is 230 Å². The zero-order valence-corrected chi connectivity index (χ0v) is 21.8. The predicted octanol–water partition coefficient (Wildman–Crippen LogP) is 5.16. The molecule has 196 valence electrons. The fourth-order valence-corrected chi connectivity index (χ4v) is 6.28. The fourth-order valence-electron chi connectivity index (χ4n) is 6.28. The summed E-state index contributed by atoms with van der Waals surface area (Å²) in [6.45, 7) is 0. The summed E-state index contributed by atoms with van der Waals surface area (Å²) < 4.78 is 1.94. The quantitative estimate of drug-likeness (QED) is 0.320. The third-order valence-corrected chi connectivity index (χ3v) is 8.47. The molecule has 40 heavy (non-hydrogen) atoms. The second-order valence-corrected chi connectivity index (χ2v) is 11.3. The number of aliphatic hydroxyl groups is 1. The van der Waals surface area contributed by atoms with Crippen LogP contribution in [0.25, 0.3) is 50.7 Å². The molecule has 2 aliphatic rings. The standard InChI is InChI=1S/C32H27N7O/c33-31(18-32(40,19-31)24-12-13-24)23-10-8-21(9-11-23)27-28(20-5-2-1-3-6-20)36-30-25(35-27)14-15-26-37-38-29(39(26)30)22-7-4-16-34-17-22/h1-11,14-17,24,40H,12-13,18-19,33H2. The highest BCUT2D eigenvalue weighted by atomic mass is 16.3. The van der Waals surface area contributed by atoms with Crippen LogP contribution in [0.2, 0.25) is 0 Å². The Morgan fingerprint density at radius 2 is 1.50 bits per heavy atom. The lowest BCUT2D eigenvalue weighted by Gasteiger charge is -2.52. The van der Waals surface area contributed by atoms with Gasteiger partial charge in [0, 0.05) is 34.6 Å². The first kappa shape index (κ1) is 23.4. The summed E-state index contributed by atoms with van der Waals surface area (Å²) >= 11 is 0. The molecule has 2 saturated carbocycles. The molecule has 2 aliphatic carbocycles. The molecule has 2 fully saturated rings. The summed E-state index contributed by atoms with van der Waals surface area (Å²) in [5.41, 5.74) is 13.1. The van der Waals surface area contributed by atoms with Crippen LogP contribution in [-0.4, -0.2) is 40.3 Å².